The summed E-state index contributed by atoms with van der Waals surface area (Å²) in [6.45, 7) is 13.2. The number of allylic oxidation sites excluding steroid dienone is 8. The van der Waals surface area contributed by atoms with Crippen LogP contribution in [-0.2, 0) is 0 Å². The van der Waals surface area contributed by atoms with E-state index in [1.165, 1.54) is 33.4 Å². The fourth-order valence-electron chi connectivity index (χ4n) is 3.26. The Bertz CT molecular complexity index is 516. The van der Waals surface area contributed by atoms with E-state index in [1.54, 1.807) is 0 Å². The first kappa shape index (κ1) is 14.9. The van der Waals surface area contributed by atoms with Crippen molar-refractivity contribution in [1.82, 2.24) is 0 Å². The van der Waals surface area contributed by atoms with E-state index in [1.807, 2.05) is 0 Å². The van der Waals surface area contributed by atoms with E-state index >= 15 is 0 Å². The van der Waals surface area contributed by atoms with Gasteiger partial charge in [-0.05, 0) is 50.0 Å². The monoisotopic (exact) mass is 296 g/mol. The van der Waals surface area contributed by atoms with Crippen LogP contribution in [0.1, 0.15) is 54.4 Å². The first-order valence-corrected chi connectivity index (χ1v) is 7.55. The summed E-state index contributed by atoms with van der Waals surface area (Å²) in [7, 11) is 0. The molecule has 0 atom stereocenters. The van der Waals surface area contributed by atoms with Gasteiger partial charge in [-0.25, -0.2) is 0 Å². The molecule has 0 saturated carbocycles. The van der Waals surface area contributed by atoms with Gasteiger partial charge in [-0.2, -0.15) is 0 Å². The second-order valence-corrected chi connectivity index (χ2v) is 7.16. The molecule has 0 aromatic heterocycles. The molecule has 2 heteroatoms. The lowest BCUT2D eigenvalue weighted by Gasteiger charge is -2.31. The molecule has 19 heavy (non-hydrogen) atoms. The Morgan fingerprint density at radius 1 is 0.684 bits per heavy atom. The van der Waals surface area contributed by atoms with Gasteiger partial charge in [0.15, 0.2) is 0 Å². The van der Waals surface area contributed by atoms with Crippen molar-refractivity contribution >= 4 is 23.2 Å². The van der Waals surface area contributed by atoms with Crippen LogP contribution in [0.2, 0.25) is 0 Å². The van der Waals surface area contributed by atoms with Gasteiger partial charge in [0.1, 0.15) is 0 Å². The molecule has 0 fully saturated rings. The minimum absolute atomic E-state index is 0.0317. The lowest BCUT2D eigenvalue weighted by Crippen LogP contribution is -2.19. The molecule has 2 aliphatic rings. The molecule has 0 amide bonds. The molecule has 0 heterocycles. The summed E-state index contributed by atoms with van der Waals surface area (Å²) in [5.41, 5.74) is 8.14. The van der Waals surface area contributed by atoms with Gasteiger partial charge in [0.05, 0.1) is 0 Å². The summed E-state index contributed by atoms with van der Waals surface area (Å²) >= 11 is 12.7. The number of hydrogen-bond donors (Lipinski definition) is 0. The SMILES string of the molecule is CC1=C(Cl)CC(C(C)(C)C2=C(C)C(C)=C(Cl)C2)=C1C. The Labute approximate surface area is 126 Å². The van der Waals surface area contributed by atoms with Gasteiger partial charge in [0.25, 0.3) is 0 Å². The number of rotatable bonds is 2. The number of hydrogen-bond acceptors (Lipinski definition) is 0. The summed E-state index contributed by atoms with van der Waals surface area (Å²) in [6.07, 6.45) is 1.78. The molecule has 2 aliphatic carbocycles. The zero-order valence-electron chi connectivity index (χ0n) is 12.7. The number of halogens is 2. The van der Waals surface area contributed by atoms with Crippen molar-refractivity contribution in [2.75, 3.05) is 0 Å². The summed E-state index contributed by atoms with van der Waals surface area (Å²) < 4.78 is 0. The van der Waals surface area contributed by atoms with Gasteiger partial charge < -0.3 is 0 Å². The predicted molar refractivity (Wildman–Crippen MR) is 85.5 cm³/mol. The van der Waals surface area contributed by atoms with E-state index in [2.05, 4.69) is 41.5 Å². The van der Waals surface area contributed by atoms with Gasteiger partial charge in [-0.1, -0.05) is 48.2 Å². The van der Waals surface area contributed by atoms with Crippen LogP contribution in [-0.4, -0.2) is 0 Å². The van der Waals surface area contributed by atoms with E-state index in [9.17, 15) is 0 Å². The summed E-state index contributed by atoms with van der Waals surface area (Å²) in [5, 5.41) is 1.99. The molecule has 0 aromatic carbocycles. The minimum Gasteiger partial charge on any atom is -0.0885 e. The molecular formula is C17H22Cl2. The van der Waals surface area contributed by atoms with E-state index in [0.29, 0.717) is 0 Å². The highest BCUT2D eigenvalue weighted by Gasteiger charge is 2.36. The molecular weight excluding hydrogens is 275 g/mol. The second-order valence-electron chi connectivity index (χ2n) is 6.25. The molecule has 104 valence electrons. The van der Waals surface area contributed by atoms with Crippen molar-refractivity contribution in [2.45, 2.75) is 54.4 Å². The molecule has 0 saturated heterocycles. The zero-order chi connectivity index (χ0) is 14.5. The summed E-state index contributed by atoms with van der Waals surface area (Å²) in [4.78, 5) is 0. The molecule has 0 unspecified atom stereocenters. The highest BCUT2D eigenvalue weighted by molar-refractivity contribution is 6.31. The van der Waals surface area contributed by atoms with Gasteiger partial charge >= 0.3 is 0 Å². The standard InChI is InChI=1S/C17H22Cl2/c1-9-11(3)15(18)7-13(9)17(5,6)14-8-16(19)12(4)10(14)2/h7-8H2,1-6H3. The Kier molecular flexibility index (Phi) is 3.79. The van der Waals surface area contributed by atoms with Crippen LogP contribution in [0.3, 0.4) is 0 Å². The van der Waals surface area contributed by atoms with Crippen LogP contribution < -0.4 is 0 Å². The average molecular weight is 297 g/mol. The Hall–Kier alpha value is -0.460. The third-order valence-electron chi connectivity index (χ3n) is 5.02. The molecule has 0 spiro atoms. The van der Waals surface area contributed by atoms with Gasteiger partial charge in [0.2, 0.25) is 0 Å². The lowest BCUT2D eigenvalue weighted by molar-refractivity contribution is 0.513. The summed E-state index contributed by atoms with van der Waals surface area (Å²) in [5.74, 6) is 0. The van der Waals surface area contributed by atoms with E-state index in [0.717, 1.165) is 22.9 Å². The van der Waals surface area contributed by atoms with Gasteiger partial charge in [0, 0.05) is 28.3 Å². The predicted octanol–water partition coefficient (Wildman–Crippen LogP) is 6.48. The molecule has 0 nitrogen and oxygen atoms in total. The van der Waals surface area contributed by atoms with Crippen molar-refractivity contribution in [3.63, 3.8) is 0 Å². The topological polar surface area (TPSA) is 0 Å². The third-order valence-corrected chi connectivity index (χ3v) is 5.85. The van der Waals surface area contributed by atoms with Crippen LogP contribution in [0.5, 0.6) is 0 Å². The maximum Gasteiger partial charge on any atom is 0.0253 e. The molecule has 0 N–H and O–H groups in total. The van der Waals surface area contributed by atoms with Crippen molar-refractivity contribution in [1.29, 1.82) is 0 Å². The lowest BCUT2D eigenvalue weighted by atomic mass is 9.73. The van der Waals surface area contributed by atoms with Crippen molar-refractivity contribution in [3.05, 3.63) is 43.5 Å². The van der Waals surface area contributed by atoms with Crippen LogP contribution in [0.25, 0.3) is 0 Å². The van der Waals surface area contributed by atoms with E-state index in [4.69, 9.17) is 23.2 Å². The molecule has 0 aliphatic heterocycles. The quantitative estimate of drug-likeness (QED) is 0.547. The summed E-state index contributed by atoms with van der Waals surface area (Å²) in [6, 6.07) is 0. The van der Waals surface area contributed by atoms with Crippen LogP contribution in [0.15, 0.2) is 43.5 Å². The maximum absolute atomic E-state index is 6.34. The largest absolute Gasteiger partial charge is 0.0885 e. The second kappa shape index (κ2) is 4.82. The Morgan fingerprint density at radius 3 is 1.21 bits per heavy atom. The van der Waals surface area contributed by atoms with Gasteiger partial charge in [-0.15, -0.1) is 0 Å². The van der Waals surface area contributed by atoms with Crippen LogP contribution in [0.4, 0.5) is 0 Å². The first-order chi connectivity index (χ1) is 8.67. The van der Waals surface area contributed by atoms with E-state index in [-0.39, 0.29) is 5.41 Å². The highest BCUT2D eigenvalue weighted by atomic mass is 35.5. The van der Waals surface area contributed by atoms with Crippen LogP contribution >= 0.6 is 23.2 Å². The molecule has 0 bridgehead atoms. The van der Waals surface area contributed by atoms with Crippen molar-refractivity contribution in [2.24, 2.45) is 5.41 Å². The molecule has 0 radical (unpaired) electrons. The van der Waals surface area contributed by atoms with E-state index < -0.39 is 0 Å². The smallest absolute Gasteiger partial charge is 0.0253 e. The Balaban J connectivity index is 2.43. The third kappa shape index (κ3) is 2.23. The average Bonchev–Trinajstić information content (AvgIpc) is 2.75. The van der Waals surface area contributed by atoms with Gasteiger partial charge in [-0.3, -0.25) is 0 Å². The van der Waals surface area contributed by atoms with Crippen molar-refractivity contribution < 1.29 is 0 Å². The zero-order valence-corrected chi connectivity index (χ0v) is 14.2. The van der Waals surface area contributed by atoms with Crippen molar-refractivity contribution in [3.8, 4) is 0 Å². The first-order valence-electron chi connectivity index (χ1n) is 6.79. The Morgan fingerprint density at radius 2 is 1.00 bits per heavy atom. The molecule has 2 rings (SSSR count). The van der Waals surface area contributed by atoms with Crippen LogP contribution in [0, 0.1) is 5.41 Å². The fourth-order valence-corrected chi connectivity index (χ4v) is 3.81. The minimum atomic E-state index is 0.0317. The molecule has 0 aromatic rings. The normalized spacial score (nSPS) is 21.5. The fraction of sp³-hybridized carbons (Fsp3) is 0.529. The maximum atomic E-state index is 6.34. The highest BCUT2D eigenvalue weighted by Crippen LogP contribution is 2.52.